The van der Waals surface area contributed by atoms with Crippen molar-refractivity contribution < 1.29 is 14.7 Å². The first-order valence-electron chi connectivity index (χ1n) is 6.85. The van der Waals surface area contributed by atoms with Gasteiger partial charge in [-0.25, -0.2) is 9.78 Å². The number of pyridine rings is 1. The second-order valence-electron chi connectivity index (χ2n) is 4.99. The van der Waals surface area contributed by atoms with Crippen LogP contribution in [0.2, 0.25) is 0 Å². The standard InChI is InChI=1S/C14H17N5O3/c1-17(14(21)22)10-12(20)18-5-7-19(8-6-18)13-11(9-15)3-2-4-16-13/h2-4H,5-8,10H2,1H3,(H,21,22). The maximum atomic E-state index is 12.0. The van der Waals surface area contributed by atoms with E-state index in [0.717, 1.165) is 4.90 Å². The lowest BCUT2D eigenvalue weighted by molar-refractivity contribution is -0.132. The number of carbonyl (C=O) groups is 2. The van der Waals surface area contributed by atoms with Gasteiger partial charge in [-0.05, 0) is 12.1 Å². The number of likely N-dealkylation sites (N-methyl/N-ethyl adjacent to an activating group) is 1. The Kier molecular flexibility index (Phi) is 4.78. The molecule has 8 nitrogen and oxygen atoms in total. The zero-order valence-corrected chi connectivity index (χ0v) is 12.3. The van der Waals surface area contributed by atoms with Gasteiger partial charge in [0.05, 0.1) is 5.56 Å². The molecule has 0 radical (unpaired) electrons. The number of anilines is 1. The molecule has 0 spiro atoms. The van der Waals surface area contributed by atoms with Gasteiger partial charge in [-0.3, -0.25) is 4.79 Å². The van der Waals surface area contributed by atoms with Gasteiger partial charge in [-0.1, -0.05) is 0 Å². The smallest absolute Gasteiger partial charge is 0.407 e. The van der Waals surface area contributed by atoms with Crippen molar-refractivity contribution in [2.24, 2.45) is 0 Å². The minimum Gasteiger partial charge on any atom is -0.465 e. The molecule has 0 saturated carbocycles. The lowest BCUT2D eigenvalue weighted by Gasteiger charge is -2.36. The summed E-state index contributed by atoms with van der Waals surface area (Å²) in [5, 5.41) is 17.9. The number of nitrogens with zero attached hydrogens (tertiary/aromatic N) is 5. The van der Waals surface area contributed by atoms with Crippen LogP contribution in [-0.2, 0) is 4.79 Å². The molecule has 1 aliphatic heterocycles. The van der Waals surface area contributed by atoms with Crippen LogP contribution >= 0.6 is 0 Å². The molecule has 0 unspecified atom stereocenters. The van der Waals surface area contributed by atoms with Crippen LogP contribution in [0, 0.1) is 11.3 Å². The van der Waals surface area contributed by atoms with Gasteiger partial charge in [0.15, 0.2) is 0 Å². The molecule has 2 heterocycles. The maximum Gasteiger partial charge on any atom is 0.407 e. The SMILES string of the molecule is CN(CC(=O)N1CCN(c2ncccc2C#N)CC1)C(=O)O. The number of hydrogen-bond acceptors (Lipinski definition) is 5. The summed E-state index contributed by atoms with van der Waals surface area (Å²) in [5.41, 5.74) is 0.507. The quantitative estimate of drug-likeness (QED) is 0.856. The van der Waals surface area contributed by atoms with Gasteiger partial charge < -0.3 is 19.8 Å². The molecule has 2 amide bonds. The van der Waals surface area contributed by atoms with Crippen molar-refractivity contribution in [2.45, 2.75) is 0 Å². The van der Waals surface area contributed by atoms with E-state index in [-0.39, 0.29) is 12.5 Å². The third-order valence-corrected chi connectivity index (χ3v) is 3.54. The predicted molar refractivity (Wildman–Crippen MR) is 78.4 cm³/mol. The van der Waals surface area contributed by atoms with Crippen LogP contribution in [0.5, 0.6) is 0 Å². The molecule has 116 valence electrons. The molecule has 1 aromatic rings. The first-order valence-corrected chi connectivity index (χ1v) is 6.85. The molecule has 8 heteroatoms. The Hall–Kier alpha value is -2.82. The van der Waals surface area contributed by atoms with Gasteiger partial charge in [0, 0.05) is 39.4 Å². The highest BCUT2D eigenvalue weighted by molar-refractivity contribution is 5.82. The second kappa shape index (κ2) is 6.76. The average molecular weight is 303 g/mol. The Morgan fingerprint density at radius 2 is 2.09 bits per heavy atom. The van der Waals surface area contributed by atoms with Crippen LogP contribution < -0.4 is 4.90 Å². The Morgan fingerprint density at radius 1 is 1.41 bits per heavy atom. The van der Waals surface area contributed by atoms with Gasteiger partial charge in [0.25, 0.3) is 0 Å². The van der Waals surface area contributed by atoms with Crippen LogP contribution in [-0.4, -0.2) is 71.7 Å². The van der Waals surface area contributed by atoms with Crippen LogP contribution in [0.15, 0.2) is 18.3 Å². The molecule has 1 N–H and O–H groups in total. The number of rotatable bonds is 3. The zero-order chi connectivity index (χ0) is 16.1. The third-order valence-electron chi connectivity index (χ3n) is 3.54. The predicted octanol–water partition coefficient (Wildman–Crippen LogP) is 0.212. The van der Waals surface area contributed by atoms with Crippen molar-refractivity contribution in [3.63, 3.8) is 0 Å². The van der Waals surface area contributed by atoms with Gasteiger partial charge in [-0.15, -0.1) is 0 Å². The first kappa shape index (κ1) is 15.6. The fourth-order valence-electron chi connectivity index (χ4n) is 2.27. The van der Waals surface area contributed by atoms with Gasteiger partial charge >= 0.3 is 6.09 Å². The summed E-state index contributed by atoms with van der Waals surface area (Å²) in [6.45, 7) is 1.94. The Labute approximate surface area is 128 Å². The number of aromatic nitrogens is 1. The summed E-state index contributed by atoms with van der Waals surface area (Å²) in [4.78, 5) is 31.5. The Balaban J connectivity index is 1.95. The topological polar surface area (TPSA) is 101 Å². The van der Waals surface area contributed by atoms with E-state index in [1.165, 1.54) is 7.05 Å². The molecule has 0 atom stereocenters. The van der Waals surface area contributed by atoms with Crippen LogP contribution in [0.3, 0.4) is 0 Å². The maximum absolute atomic E-state index is 12.0. The Morgan fingerprint density at radius 3 is 2.68 bits per heavy atom. The summed E-state index contributed by atoms with van der Waals surface area (Å²) < 4.78 is 0. The zero-order valence-electron chi connectivity index (χ0n) is 12.3. The summed E-state index contributed by atoms with van der Waals surface area (Å²) >= 11 is 0. The molecule has 22 heavy (non-hydrogen) atoms. The van der Waals surface area contributed by atoms with Crippen LogP contribution in [0.25, 0.3) is 0 Å². The van der Waals surface area contributed by atoms with Crippen molar-refractivity contribution in [1.82, 2.24) is 14.8 Å². The summed E-state index contributed by atoms with van der Waals surface area (Å²) in [7, 11) is 1.36. The van der Waals surface area contributed by atoms with Crippen molar-refractivity contribution in [3.05, 3.63) is 23.9 Å². The summed E-state index contributed by atoms with van der Waals surface area (Å²) in [6, 6.07) is 5.53. The normalized spacial score (nSPS) is 14.4. The van der Waals surface area contributed by atoms with Gasteiger partial charge in [0.2, 0.25) is 5.91 Å². The highest BCUT2D eigenvalue weighted by Crippen LogP contribution is 2.18. The van der Waals surface area contributed by atoms with Crippen LogP contribution in [0.4, 0.5) is 10.6 Å². The number of carbonyl (C=O) groups excluding carboxylic acids is 1. The van der Waals surface area contributed by atoms with E-state index < -0.39 is 6.09 Å². The molecule has 1 aliphatic rings. The van der Waals surface area contributed by atoms with E-state index in [0.29, 0.717) is 37.6 Å². The van der Waals surface area contributed by atoms with E-state index in [4.69, 9.17) is 10.4 Å². The fraction of sp³-hybridized carbons (Fsp3) is 0.429. The number of carboxylic acid groups (broad SMARTS) is 1. The average Bonchev–Trinajstić information content (AvgIpc) is 2.54. The largest absolute Gasteiger partial charge is 0.465 e. The minimum absolute atomic E-state index is 0.150. The molecule has 1 saturated heterocycles. The first-order chi connectivity index (χ1) is 10.5. The lowest BCUT2D eigenvalue weighted by atomic mass is 10.2. The fourth-order valence-corrected chi connectivity index (χ4v) is 2.27. The molecule has 0 aliphatic carbocycles. The monoisotopic (exact) mass is 303 g/mol. The number of hydrogen-bond donors (Lipinski definition) is 1. The molecule has 2 rings (SSSR count). The summed E-state index contributed by atoms with van der Waals surface area (Å²) in [6.07, 6.45) is 0.509. The molecule has 1 aromatic heterocycles. The summed E-state index contributed by atoms with van der Waals surface area (Å²) in [5.74, 6) is 0.408. The van der Waals surface area contributed by atoms with Gasteiger partial charge in [-0.2, -0.15) is 5.26 Å². The Bertz CT molecular complexity index is 605. The van der Waals surface area contributed by atoms with E-state index in [1.54, 1.807) is 23.2 Å². The van der Waals surface area contributed by atoms with Crippen molar-refractivity contribution >= 4 is 17.8 Å². The molecular weight excluding hydrogens is 286 g/mol. The molecule has 0 bridgehead atoms. The van der Waals surface area contributed by atoms with E-state index >= 15 is 0 Å². The molecule has 0 aromatic carbocycles. The molecular formula is C14H17N5O3. The lowest BCUT2D eigenvalue weighted by Crippen LogP contribution is -2.51. The van der Waals surface area contributed by atoms with Crippen molar-refractivity contribution in [2.75, 3.05) is 44.7 Å². The van der Waals surface area contributed by atoms with Gasteiger partial charge in [0.1, 0.15) is 18.4 Å². The molecule has 1 fully saturated rings. The van der Waals surface area contributed by atoms with Crippen molar-refractivity contribution in [3.8, 4) is 6.07 Å². The minimum atomic E-state index is -1.13. The highest BCUT2D eigenvalue weighted by atomic mass is 16.4. The van der Waals surface area contributed by atoms with Crippen molar-refractivity contribution in [1.29, 1.82) is 5.26 Å². The van der Waals surface area contributed by atoms with E-state index in [2.05, 4.69) is 11.1 Å². The van der Waals surface area contributed by atoms with Crippen LogP contribution in [0.1, 0.15) is 5.56 Å². The number of piperazine rings is 1. The second-order valence-corrected chi connectivity index (χ2v) is 4.99. The van der Waals surface area contributed by atoms with E-state index in [1.807, 2.05) is 4.90 Å². The third kappa shape index (κ3) is 3.44. The number of amides is 2. The van der Waals surface area contributed by atoms with E-state index in [9.17, 15) is 9.59 Å². The number of nitriles is 1. The highest BCUT2D eigenvalue weighted by Gasteiger charge is 2.24.